The summed E-state index contributed by atoms with van der Waals surface area (Å²) < 4.78 is 1.15. The predicted molar refractivity (Wildman–Crippen MR) is 66.1 cm³/mol. The Morgan fingerprint density at radius 2 is 2.17 bits per heavy atom. The summed E-state index contributed by atoms with van der Waals surface area (Å²) in [5.74, 6) is -0.553. The smallest absolute Gasteiger partial charge is 0.267 e. The molecule has 1 aromatic rings. The number of nitrogens with zero attached hydrogens (tertiary/aromatic N) is 2. The maximum atomic E-state index is 11.9. The molecule has 1 aromatic heterocycles. The Morgan fingerprint density at radius 3 is 2.72 bits per heavy atom. The Kier molecular flexibility index (Phi) is 3.27. The van der Waals surface area contributed by atoms with Gasteiger partial charge in [0.1, 0.15) is 6.04 Å². The molecule has 1 saturated heterocycles. The van der Waals surface area contributed by atoms with E-state index in [1.165, 1.54) is 6.07 Å². The second-order valence-electron chi connectivity index (χ2n) is 4.69. The van der Waals surface area contributed by atoms with Gasteiger partial charge in [-0.2, -0.15) is 5.10 Å². The van der Waals surface area contributed by atoms with Crippen LogP contribution < -0.4 is 10.9 Å². The van der Waals surface area contributed by atoms with Gasteiger partial charge in [-0.1, -0.05) is 13.8 Å². The molecule has 1 aliphatic rings. The van der Waals surface area contributed by atoms with Crippen LogP contribution in [0.3, 0.4) is 0 Å². The lowest BCUT2D eigenvalue weighted by Crippen LogP contribution is -2.45. The van der Waals surface area contributed by atoms with Crippen molar-refractivity contribution in [2.75, 3.05) is 0 Å². The van der Waals surface area contributed by atoms with Crippen LogP contribution in [-0.2, 0) is 9.59 Å². The van der Waals surface area contributed by atoms with E-state index < -0.39 is 11.9 Å². The number of hydrogen-bond acceptors (Lipinski definition) is 4. The Bertz CT molecular complexity index is 553. The standard InChI is InChI=1S/C12H15N3O3.H2/c1-7(2)8-5-11(17)15(13-6-8)9-3-4-10(16)14-12(9)18;/h5-7,9H,3-4H2,1-2H3,(H,14,16,18);1H. The van der Waals surface area contributed by atoms with Crippen LogP contribution in [-0.4, -0.2) is 21.6 Å². The third-order valence-electron chi connectivity index (χ3n) is 3.02. The summed E-state index contributed by atoms with van der Waals surface area (Å²) in [6, 6.07) is 0.804. The quantitative estimate of drug-likeness (QED) is 0.780. The van der Waals surface area contributed by atoms with Crippen molar-refractivity contribution < 1.29 is 11.0 Å². The lowest BCUT2D eigenvalue weighted by molar-refractivity contribution is -0.136. The summed E-state index contributed by atoms with van der Waals surface area (Å²) in [5, 5.41) is 6.25. The van der Waals surface area contributed by atoms with Gasteiger partial charge in [0.05, 0.1) is 6.20 Å². The van der Waals surface area contributed by atoms with E-state index in [-0.39, 0.29) is 25.2 Å². The molecule has 2 amide bonds. The van der Waals surface area contributed by atoms with Gasteiger partial charge in [-0.25, -0.2) is 4.68 Å². The van der Waals surface area contributed by atoms with Crippen molar-refractivity contribution in [1.29, 1.82) is 0 Å². The molecule has 2 heterocycles. The van der Waals surface area contributed by atoms with Crippen LogP contribution in [0.2, 0.25) is 0 Å². The van der Waals surface area contributed by atoms with E-state index in [1.54, 1.807) is 6.20 Å². The maximum absolute atomic E-state index is 11.9. The minimum Gasteiger partial charge on any atom is -0.295 e. The van der Waals surface area contributed by atoms with Gasteiger partial charge in [-0.05, 0) is 17.9 Å². The summed E-state index contributed by atoms with van der Waals surface area (Å²) in [7, 11) is 0. The molecule has 0 bridgehead atoms. The maximum Gasteiger partial charge on any atom is 0.267 e. The van der Waals surface area contributed by atoms with Crippen molar-refractivity contribution in [3.63, 3.8) is 0 Å². The second kappa shape index (κ2) is 4.72. The molecule has 0 aliphatic carbocycles. The van der Waals surface area contributed by atoms with Gasteiger partial charge < -0.3 is 0 Å². The lowest BCUT2D eigenvalue weighted by Gasteiger charge is -2.21. The van der Waals surface area contributed by atoms with Gasteiger partial charge in [-0.15, -0.1) is 0 Å². The number of piperidine rings is 1. The average molecular weight is 251 g/mol. The molecule has 1 atom stereocenters. The summed E-state index contributed by atoms with van der Waals surface area (Å²) in [6.45, 7) is 3.93. The first-order valence-corrected chi connectivity index (χ1v) is 5.91. The third-order valence-corrected chi connectivity index (χ3v) is 3.02. The van der Waals surface area contributed by atoms with Crippen LogP contribution >= 0.6 is 0 Å². The van der Waals surface area contributed by atoms with Crippen LogP contribution in [0.25, 0.3) is 0 Å². The first-order valence-electron chi connectivity index (χ1n) is 5.91. The van der Waals surface area contributed by atoms with Crippen molar-refractivity contribution in [3.8, 4) is 0 Å². The third kappa shape index (κ3) is 2.32. The fourth-order valence-electron chi connectivity index (χ4n) is 1.90. The number of hydrogen-bond donors (Lipinski definition) is 1. The van der Waals surface area contributed by atoms with Gasteiger partial charge in [0, 0.05) is 13.9 Å². The first-order chi connectivity index (χ1) is 8.49. The normalized spacial score (nSPS) is 20.1. The van der Waals surface area contributed by atoms with Crippen LogP contribution in [0, 0.1) is 0 Å². The van der Waals surface area contributed by atoms with Crippen molar-refractivity contribution >= 4 is 11.8 Å². The molecule has 2 rings (SSSR count). The van der Waals surface area contributed by atoms with Gasteiger partial charge in [-0.3, -0.25) is 19.7 Å². The molecule has 18 heavy (non-hydrogen) atoms. The molecule has 0 spiro atoms. The summed E-state index contributed by atoms with van der Waals surface area (Å²) in [6.07, 6.45) is 2.14. The topological polar surface area (TPSA) is 81.1 Å². The van der Waals surface area contributed by atoms with Crippen molar-refractivity contribution in [1.82, 2.24) is 15.1 Å². The molecule has 1 fully saturated rings. The molecular formula is C12H17N3O3. The Hall–Kier alpha value is -1.98. The molecule has 1 N–H and O–H groups in total. The zero-order valence-electron chi connectivity index (χ0n) is 10.3. The number of carbonyl (C=O) groups excluding carboxylic acids is 2. The SMILES string of the molecule is CC(C)c1cnn(C2CCC(=O)NC2=O)c(=O)c1.[HH]. The fraction of sp³-hybridized carbons (Fsp3) is 0.500. The lowest BCUT2D eigenvalue weighted by atomic mass is 10.1. The fourth-order valence-corrected chi connectivity index (χ4v) is 1.90. The number of aromatic nitrogens is 2. The van der Waals surface area contributed by atoms with Crippen molar-refractivity contribution in [2.24, 2.45) is 0 Å². The van der Waals surface area contributed by atoms with Crippen LogP contribution in [0.4, 0.5) is 0 Å². The largest absolute Gasteiger partial charge is 0.295 e. The van der Waals surface area contributed by atoms with E-state index >= 15 is 0 Å². The van der Waals surface area contributed by atoms with Crippen LogP contribution in [0.15, 0.2) is 17.1 Å². The van der Waals surface area contributed by atoms with Gasteiger partial charge in [0.2, 0.25) is 5.91 Å². The highest BCUT2D eigenvalue weighted by Crippen LogP contribution is 2.16. The molecule has 6 heteroatoms. The van der Waals surface area contributed by atoms with E-state index in [9.17, 15) is 14.4 Å². The number of rotatable bonds is 2. The van der Waals surface area contributed by atoms with Crippen LogP contribution in [0.5, 0.6) is 0 Å². The Morgan fingerprint density at radius 1 is 1.44 bits per heavy atom. The van der Waals surface area contributed by atoms with Gasteiger partial charge >= 0.3 is 0 Å². The monoisotopic (exact) mass is 251 g/mol. The molecule has 0 aromatic carbocycles. The number of imide groups is 1. The highest BCUT2D eigenvalue weighted by Gasteiger charge is 2.29. The van der Waals surface area contributed by atoms with Gasteiger partial charge in [0.15, 0.2) is 0 Å². The van der Waals surface area contributed by atoms with Gasteiger partial charge in [0.25, 0.3) is 11.5 Å². The van der Waals surface area contributed by atoms with Crippen molar-refractivity contribution in [2.45, 2.75) is 38.6 Å². The molecule has 0 radical (unpaired) electrons. The zero-order valence-corrected chi connectivity index (χ0v) is 10.3. The average Bonchev–Trinajstić information content (AvgIpc) is 2.30. The Labute approximate surface area is 105 Å². The van der Waals surface area contributed by atoms with E-state index in [0.29, 0.717) is 6.42 Å². The number of amides is 2. The zero-order chi connectivity index (χ0) is 13.3. The predicted octanol–water partition coefficient (Wildman–Crippen LogP) is 0.590. The van der Waals surface area contributed by atoms with Crippen LogP contribution in [0.1, 0.15) is 45.6 Å². The van der Waals surface area contributed by atoms with E-state index in [0.717, 1.165) is 10.2 Å². The number of nitrogens with one attached hydrogen (secondary N) is 1. The summed E-state index contributed by atoms with van der Waals surface area (Å²) in [5.41, 5.74) is 0.527. The highest BCUT2D eigenvalue weighted by atomic mass is 16.2. The van der Waals surface area contributed by atoms with E-state index in [1.807, 2.05) is 13.8 Å². The molecule has 98 valence electrons. The van der Waals surface area contributed by atoms with E-state index in [4.69, 9.17) is 0 Å². The molecular weight excluding hydrogens is 234 g/mol. The molecule has 6 nitrogen and oxygen atoms in total. The Balaban J connectivity index is 0.00000180. The summed E-state index contributed by atoms with van der Waals surface area (Å²) in [4.78, 5) is 34.6. The minimum absolute atomic E-state index is 0. The first kappa shape index (κ1) is 12.5. The molecule has 1 aliphatic heterocycles. The molecule has 0 saturated carbocycles. The molecule has 1 unspecified atom stereocenters. The minimum atomic E-state index is -0.684. The highest BCUT2D eigenvalue weighted by molar-refractivity contribution is 5.99. The van der Waals surface area contributed by atoms with E-state index in [2.05, 4.69) is 10.4 Å². The van der Waals surface area contributed by atoms with Crippen molar-refractivity contribution in [3.05, 3.63) is 28.2 Å². The summed E-state index contributed by atoms with van der Waals surface area (Å²) >= 11 is 0. The number of carbonyl (C=O) groups is 2. The second-order valence-corrected chi connectivity index (χ2v) is 4.69.